The molecule has 1 heteroatoms. The molecule has 0 radical (unpaired) electrons. The Balaban J connectivity index is 1.83. The molecule has 0 aromatic rings. The Morgan fingerprint density at radius 2 is 2.08 bits per heavy atom. The minimum atomic E-state index is 0.371. The van der Waals surface area contributed by atoms with E-state index in [2.05, 4.69) is 6.92 Å². The van der Waals surface area contributed by atoms with Gasteiger partial charge in [0.05, 0.1) is 11.7 Å². The van der Waals surface area contributed by atoms with E-state index in [0.29, 0.717) is 11.7 Å². The van der Waals surface area contributed by atoms with Crippen LogP contribution in [0.15, 0.2) is 0 Å². The normalized spacial score (nSPS) is 39.0. The first-order valence-electron chi connectivity index (χ1n) is 6.05. The van der Waals surface area contributed by atoms with Crippen molar-refractivity contribution in [3.05, 3.63) is 0 Å². The van der Waals surface area contributed by atoms with E-state index < -0.39 is 0 Å². The lowest BCUT2D eigenvalue weighted by atomic mass is 9.87. The van der Waals surface area contributed by atoms with Crippen molar-refractivity contribution in [1.82, 2.24) is 0 Å². The molecule has 1 heterocycles. The summed E-state index contributed by atoms with van der Waals surface area (Å²) in [7, 11) is 0. The molecular formula is C12H22O. The highest BCUT2D eigenvalue weighted by Gasteiger charge is 2.54. The SMILES string of the molecule is CCCC[C@@]12CCCCCC[C@@H]1O2. The van der Waals surface area contributed by atoms with Gasteiger partial charge < -0.3 is 4.74 Å². The second kappa shape index (κ2) is 4.00. The predicted octanol–water partition coefficient (Wildman–Crippen LogP) is 3.67. The van der Waals surface area contributed by atoms with E-state index in [9.17, 15) is 0 Å². The van der Waals surface area contributed by atoms with Crippen LogP contribution in [0.25, 0.3) is 0 Å². The minimum Gasteiger partial charge on any atom is -0.366 e. The first kappa shape index (κ1) is 9.51. The standard InChI is InChI=1S/C12H22O/c1-2-3-9-12-10-7-5-4-6-8-11(12)13-12/h11H,2-10H2,1H3/t11-,12+/m0/s1. The van der Waals surface area contributed by atoms with Crippen LogP contribution in [0.1, 0.15) is 64.7 Å². The predicted molar refractivity (Wildman–Crippen MR) is 54.8 cm³/mol. The van der Waals surface area contributed by atoms with Crippen molar-refractivity contribution >= 4 is 0 Å². The topological polar surface area (TPSA) is 12.5 Å². The molecule has 0 aromatic heterocycles. The van der Waals surface area contributed by atoms with Crippen molar-refractivity contribution in [2.75, 3.05) is 0 Å². The van der Waals surface area contributed by atoms with Crippen LogP contribution in [0.4, 0.5) is 0 Å². The fraction of sp³-hybridized carbons (Fsp3) is 1.00. The van der Waals surface area contributed by atoms with Crippen LogP contribution >= 0.6 is 0 Å². The van der Waals surface area contributed by atoms with Crippen molar-refractivity contribution in [2.45, 2.75) is 76.4 Å². The highest BCUT2D eigenvalue weighted by atomic mass is 16.6. The van der Waals surface area contributed by atoms with E-state index in [4.69, 9.17) is 4.74 Å². The third kappa shape index (κ3) is 2.07. The van der Waals surface area contributed by atoms with Gasteiger partial charge in [0.2, 0.25) is 0 Å². The van der Waals surface area contributed by atoms with Crippen molar-refractivity contribution < 1.29 is 4.74 Å². The minimum absolute atomic E-state index is 0.371. The number of fused-ring (bicyclic) bond motifs is 1. The number of rotatable bonds is 3. The maximum absolute atomic E-state index is 5.93. The molecule has 0 unspecified atom stereocenters. The summed E-state index contributed by atoms with van der Waals surface area (Å²) in [6.07, 6.45) is 13.0. The Kier molecular flexibility index (Phi) is 2.92. The molecule has 1 saturated carbocycles. The van der Waals surface area contributed by atoms with Gasteiger partial charge >= 0.3 is 0 Å². The van der Waals surface area contributed by atoms with Gasteiger partial charge in [-0.05, 0) is 19.3 Å². The van der Waals surface area contributed by atoms with E-state index >= 15 is 0 Å². The molecule has 1 nitrogen and oxygen atoms in total. The van der Waals surface area contributed by atoms with Gasteiger partial charge in [0.1, 0.15) is 0 Å². The fourth-order valence-electron chi connectivity index (χ4n) is 2.72. The molecule has 2 fully saturated rings. The molecule has 13 heavy (non-hydrogen) atoms. The van der Waals surface area contributed by atoms with Gasteiger partial charge in [-0.2, -0.15) is 0 Å². The van der Waals surface area contributed by atoms with E-state index in [0.717, 1.165) is 0 Å². The molecule has 1 saturated heterocycles. The molecule has 2 rings (SSSR count). The number of epoxide rings is 1. The van der Waals surface area contributed by atoms with Crippen LogP contribution in [0.3, 0.4) is 0 Å². The van der Waals surface area contributed by atoms with Crippen LogP contribution in [-0.4, -0.2) is 11.7 Å². The van der Waals surface area contributed by atoms with E-state index in [-0.39, 0.29) is 0 Å². The zero-order valence-electron chi connectivity index (χ0n) is 8.85. The van der Waals surface area contributed by atoms with Gasteiger partial charge in [-0.1, -0.05) is 45.4 Å². The summed E-state index contributed by atoms with van der Waals surface area (Å²) in [6, 6.07) is 0. The Labute approximate surface area is 81.9 Å². The van der Waals surface area contributed by atoms with Gasteiger partial charge in [-0.3, -0.25) is 0 Å². The Morgan fingerprint density at radius 1 is 1.23 bits per heavy atom. The summed E-state index contributed by atoms with van der Waals surface area (Å²) in [4.78, 5) is 0. The Morgan fingerprint density at radius 3 is 2.92 bits per heavy atom. The number of hydrogen-bond acceptors (Lipinski definition) is 1. The molecule has 0 bridgehead atoms. The number of unbranched alkanes of at least 4 members (excludes halogenated alkanes) is 1. The summed E-state index contributed by atoms with van der Waals surface area (Å²) in [5.41, 5.74) is 0.371. The first-order valence-corrected chi connectivity index (χ1v) is 6.05. The van der Waals surface area contributed by atoms with Crippen LogP contribution in [0, 0.1) is 0 Å². The maximum atomic E-state index is 5.93. The molecular weight excluding hydrogens is 160 g/mol. The Hall–Kier alpha value is -0.0400. The highest BCUT2D eigenvalue weighted by molar-refractivity contribution is 5.02. The monoisotopic (exact) mass is 182 g/mol. The highest BCUT2D eigenvalue weighted by Crippen LogP contribution is 2.48. The fourth-order valence-corrected chi connectivity index (χ4v) is 2.72. The zero-order valence-corrected chi connectivity index (χ0v) is 8.85. The molecule has 1 aliphatic carbocycles. The lowest BCUT2D eigenvalue weighted by Gasteiger charge is -2.14. The van der Waals surface area contributed by atoms with Crippen LogP contribution in [0.5, 0.6) is 0 Å². The average molecular weight is 182 g/mol. The van der Waals surface area contributed by atoms with E-state index in [1.807, 2.05) is 0 Å². The van der Waals surface area contributed by atoms with Crippen LogP contribution in [0.2, 0.25) is 0 Å². The zero-order chi connectivity index (χ0) is 9.15. The third-order valence-electron chi connectivity index (χ3n) is 3.68. The molecule has 2 aliphatic rings. The van der Waals surface area contributed by atoms with Crippen molar-refractivity contribution in [3.63, 3.8) is 0 Å². The summed E-state index contributed by atoms with van der Waals surface area (Å²) in [5, 5.41) is 0. The van der Waals surface area contributed by atoms with Gasteiger partial charge in [0.15, 0.2) is 0 Å². The number of ether oxygens (including phenoxy) is 1. The second-order valence-electron chi connectivity index (χ2n) is 4.73. The number of hydrogen-bond donors (Lipinski definition) is 0. The Bertz CT molecular complexity index is 163. The molecule has 0 aromatic carbocycles. The van der Waals surface area contributed by atoms with Crippen molar-refractivity contribution in [2.24, 2.45) is 0 Å². The second-order valence-corrected chi connectivity index (χ2v) is 4.73. The molecule has 2 atom stereocenters. The molecule has 0 amide bonds. The van der Waals surface area contributed by atoms with Crippen molar-refractivity contribution in [1.29, 1.82) is 0 Å². The lowest BCUT2D eigenvalue weighted by molar-refractivity contribution is 0.259. The summed E-state index contributed by atoms with van der Waals surface area (Å²) in [6.45, 7) is 2.27. The van der Waals surface area contributed by atoms with E-state index in [1.165, 1.54) is 57.8 Å². The van der Waals surface area contributed by atoms with Crippen LogP contribution < -0.4 is 0 Å². The smallest absolute Gasteiger partial charge is 0.0948 e. The van der Waals surface area contributed by atoms with Gasteiger partial charge in [-0.15, -0.1) is 0 Å². The first-order chi connectivity index (χ1) is 6.37. The summed E-state index contributed by atoms with van der Waals surface area (Å²) in [5.74, 6) is 0. The molecule has 0 spiro atoms. The van der Waals surface area contributed by atoms with Crippen molar-refractivity contribution in [3.8, 4) is 0 Å². The van der Waals surface area contributed by atoms with Gasteiger partial charge in [-0.25, -0.2) is 0 Å². The lowest BCUT2D eigenvalue weighted by Crippen LogP contribution is -2.16. The molecule has 76 valence electrons. The van der Waals surface area contributed by atoms with E-state index in [1.54, 1.807) is 0 Å². The summed E-state index contributed by atoms with van der Waals surface area (Å²) < 4.78 is 5.93. The third-order valence-corrected chi connectivity index (χ3v) is 3.68. The van der Waals surface area contributed by atoms with Gasteiger partial charge in [0, 0.05) is 0 Å². The molecule has 1 aliphatic heterocycles. The summed E-state index contributed by atoms with van der Waals surface area (Å²) >= 11 is 0. The maximum Gasteiger partial charge on any atom is 0.0948 e. The average Bonchev–Trinajstić information content (AvgIpc) is 2.76. The van der Waals surface area contributed by atoms with Crippen LogP contribution in [-0.2, 0) is 4.74 Å². The molecule has 0 N–H and O–H groups in total. The quantitative estimate of drug-likeness (QED) is 0.607. The van der Waals surface area contributed by atoms with Gasteiger partial charge in [0.25, 0.3) is 0 Å². The largest absolute Gasteiger partial charge is 0.366 e.